The number of hydrogen-bond acceptors (Lipinski definition) is 6. The quantitative estimate of drug-likeness (QED) is 0.247. The van der Waals surface area contributed by atoms with Gasteiger partial charge >= 0.3 is 10.4 Å². The van der Waals surface area contributed by atoms with Gasteiger partial charge in [0.1, 0.15) is 0 Å². The number of thiol groups is 1. The van der Waals surface area contributed by atoms with Gasteiger partial charge < -0.3 is 5.73 Å². The number of nitrogens with two attached hydrogens (primary N) is 1. The second-order valence-corrected chi connectivity index (χ2v) is 3.15. The first-order valence-electron chi connectivity index (χ1n) is 2.69. The third-order valence-electron chi connectivity index (χ3n) is 0.781. The van der Waals surface area contributed by atoms with Crippen LogP contribution in [0.3, 0.4) is 0 Å². The molecule has 0 aliphatic carbocycles. The van der Waals surface area contributed by atoms with E-state index in [9.17, 15) is 13.2 Å². The highest BCUT2D eigenvalue weighted by molar-refractivity contribution is 7.80. The summed E-state index contributed by atoms with van der Waals surface area (Å²) in [7, 11) is -4.67. The molecule has 0 aromatic heterocycles. The van der Waals surface area contributed by atoms with Crippen LogP contribution in [0.2, 0.25) is 0 Å². The number of rotatable bonds is 4. The van der Waals surface area contributed by atoms with Gasteiger partial charge in [-0.3, -0.25) is 9.35 Å². The molecule has 0 unspecified atom stereocenters. The first-order valence-corrected chi connectivity index (χ1v) is 4.68. The van der Waals surface area contributed by atoms with Crippen molar-refractivity contribution < 1.29 is 22.0 Å². The molecule has 0 aromatic carbocycles. The Morgan fingerprint density at radius 1 is 1.75 bits per heavy atom. The Balaban J connectivity index is 3.88. The highest BCUT2D eigenvalue weighted by Gasteiger charge is 2.14. The first-order chi connectivity index (χ1) is 5.37. The number of hydrogen-bond donors (Lipinski definition) is 4. The van der Waals surface area contributed by atoms with Gasteiger partial charge in [-0.1, -0.05) is 0 Å². The predicted octanol–water partition coefficient (Wildman–Crippen LogP) is -1.91. The summed E-state index contributed by atoms with van der Waals surface area (Å²) < 4.78 is 31.3. The molecule has 0 spiro atoms. The highest BCUT2D eigenvalue weighted by Crippen LogP contribution is 1.85. The van der Waals surface area contributed by atoms with Crippen molar-refractivity contribution in [1.82, 2.24) is 5.48 Å². The molecule has 1 amide bonds. The summed E-state index contributed by atoms with van der Waals surface area (Å²) in [5.74, 6) is -0.858. The summed E-state index contributed by atoms with van der Waals surface area (Å²) >= 11 is 3.67. The van der Waals surface area contributed by atoms with Gasteiger partial charge in [-0.15, -0.1) is 4.28 Å². The molecule has 72 valence electrons. The van der Waals surface area contributed by atoms with Crippen molar-refractivity contribution in [3.8, 4) is 0 Å². The van der Waals surface area contributed by atoms with Crippen LogP contribution in [0.5, 0.6) is 0 Å². The molecule has 0 rings (SSSR count). The maximum atomic E-state index is 10.6. The predicted molar refractivity (Wildman–Crippen MR) is 42.6 cm³/mol. The van der Waals surface area contributed by atoms with Gasteiger partial charge in [-0.25, -0.2) is 5.48 Å². The molecule has 0 heterocycles. The van der Waals surface area contributed by atoms with Crippen LogP contribution < -0.4 is 11.2 Å². The molecular formula is C3H8N2O5S2. The zero-order chi connectivity index (χ0) is 9.78. The summed E-state index contributed by atoms with van der Waals surface area (Å²) in [6.07, 6.45) is 0. The van der Waals surface area contributed by atoms with E-state index in [1.807, 2.05) is 0 Å². The second-order valence-electron chi connectivity index (χ2n) is 1.77. The topological polar surface area (TPSA) is 119 Å². The summed E-state index contributed by atoms with van der Waals surface area (Å²) in [5, 5.41) is 0. The van der Waals surface area contributed by atoms with E-state index in [0.717, 1.165) is 0 Å². The molecule has 0 saturated heterocycles. The molecule has 7 nitrogen and oxygen atoms in total. The van der Waals surface area contributed by atoms with Gasteiger partial charge in [-0.2, -0.15) is 21.0 Å². The summed E-state index contributed by atoms with van der Waals surface area (Å²) in [6.45, 7) is 0. The van der Waals surface area contributed by atoms with E-state index in [0.29, 0.717) is 0 Å². The van der Waals surface area contributed by atoms with Gasteiger partial charge in [0.15, 0.2) is 0 Å². The molecule has 0 aromatic rings. The van der Waals surface area contributed by atoms with Gasteiger partial charge in [-0.05, 0) is 0 Å². The minimum Gasteiger partial charge on any atom is -0.319 e. The maximum Gasteiger partial charge on any atom is 0.418 e. The molecule has 1 atom stereocenters. The molecule has 12 heavy (non-hydrogen) atoms. The van der Waals surface area contributed by atoms with E-state index in [1.165, 1.54) is 5.48 Å². The lowest BCUT2D eigenvalue weighted by molar-refractivity contribution is -0.128. The molecule has 0 saturated carbocycles. The van der Waals surface area contributed by atoms with Crippen LogP contribution >= 0.6 is 12.6 Å². The Morgan fingerprint density at radius 3 is 2.58 bits per heavy atom. The lowest BCUT2D eigenvalue weighted by atomic mass is 10.3. The zero-order valence-electron chi connectivity index (χ0n) is 5.80. The molecule has 0 bridgehead atoms. The minimum absolute atomic E-state index is 0.0284. The van der Waals surface area contributed by atoms with Crippen LogP contribution in [0.15, 0.2) is 0 Å². The normalized spacial score (nSPS) is 13.9. The van der Waals surface area contributed by atoms with Crippen molar-refractivity contribution in [2.45, 2.75) is 6.04 Å². The Kier molecular flexibility index (Phi) is 4.49. The molecule has 4 N–H and O–H groups in total. The monoisotopic (exact) mass is 216 g/mol. The van der Waals surface area contributed by atoms with E-state index in [-0.39, 0.29) is 5.75 Å². The van der Waals surface area contributed by atoms with Crippen LogP contribution in [0.4, 0.5) is 0 Å². The summed E-state index contributed by atoms with van der Waals surface area (Å²) in [5.41, 5.74) is 6.52. The fourth-order valence-electron chi connectivity index (χ4n) is 0.252. The van der Waals surface area contributed by atoms with Crippen molar-refractivity contribution >= 4 is 28.9 Å². The van der Waals surface area contributed by atoms with E-state index < -0.39 is 22.3 Å². The van der Waals surface area contributed by atoms with Crippen molar-refractivity contribution in [1.29, 1.82) is 0 Å². The molecule has 0 fully saturated rings. The van der Waals surface area contributed by atoms with Crippen molar-refractivity contribution in [3.05, 3.63) is 0 Å². The molecule has 0 radical (unpaired) electrons. The van der Waals surface area contributed by atoms with Crippen LogP contribution in [0.1, 0.15) is 0 Å². The average molecular weight is 216 g/mol. The van der Waals surface area contributed by atoms with Gasteiger partial charge in [0, 0.05) is 5.75 Å². The third-order valence-corrected chi connectivity index (χ3v) is 1.47. The summed E-state index contributed by atoms with van der Waals surface area (Å²) in [4.78, 5) is 10.6. The largest absolute Gasteiger partial charge is 0.418 e. The molecule has 0 aliphatic heterocycles. The fraction of sp³-hybridized carbons (Fsp3) is 0.667. The highest BCUT2D eigenvalue weighted by atomic mass is 32.3. The second kappa shape index (κ2) is 4.62. The lowest BCUT2D eigenvalue weighted by Crippen LogP contribution is -2.42. The zero-order valence-corrected chi connectivity index (χ0v) is 7.51. The Labute approximate surface area is 74.6 Å². The van der Waals surface area contributed by atoms with Crippen LogP contribution in [-0.2, 0) is 19.5 Å². The van der Waals surface area contributed by atoms with Gasteiger partial charge in [0.05, 0.1) is 6.04 Å². The molecule has 9 heteroatoms. The smallest absolute Gasteiger partial charge is 0.319 e. The number of nitrogens with one attached hydrogen (secondary N) is 1. The van der Waals surface area contributed by atoms with E-state index in [1.54, 1.807) is 0 Å². The van der Waals surface area contributed by atoms with Crippen LogP contribution in [-0.4, -0.2) is 30.7 Å². The standard InChI is InChI=1S/C3H8N2O5S2/c4-2(1-11)3(6)5-10-12(7,8)9/h2,11H,1,4H2,(H,5,6)(H,7,8,9)/t2-/m0/s1. The Bertz CT molecular complexity index is 249. The SMILES string of the molecule is N[C@@H](CS)C(=O)NOS(=O)(=O)O. The Morgan fingerprint density at radius 2 is 2.25 bits per heavy atom. The molecular weight excluding hydrogens is 208 g/mol. The van der Waals surface area contributed by atoms with Crippen molar-refractivity contribution in [2.75, 3.05) is 5.75 Å². The average Bonchev–Trinajstić information content (AvgIpc) is 1.97. The van der Waals surface area contributed by atoms with Crippen LogP contribution in [0.25, 0.3) is 0 Å². The van der Waals surface area contributed by atoms with E-state index in [2.05, 4.69) is 16.9 Å². The van der Waals surface area contributed by atoms with Gasteiger partial charge in [0.2, 0.25) is 0 Å². The van der Waals surface area contributed by atoms with E-state index >= 15 is 0 Å². The van der Waals surface area contributed by atoms with E-state index in [4.69, 9.17) is 10.3 Å². The first kappa shape index (κ1) is 11.6. The summed E-state index contributed by atoms with van der Waals surface area (Å²) in [6, 6.07) is -0.991. The Hall–Kier alpha value is -0.350. The maximum absolute atomic E-state index is 10.6. The minimum atomic E-state index is -4.67. The number of carbonyl (C=O) groups is 1. The third kappa shape index (κ3) is 5.32. The van der Waals surface area contributed by atoms with Crippen molar-refractivity contribution in [3.63, 3.8) is 0 Å². The van der Waals surface area contributed by atoms with Crippen LogP contribution in [0, 0.1) is 0 Å². The molecule has 0 aliphatic rings. The number of carbonyl (C=O) groups excluding carboxylic acids is 1. The van der Waals surface area contributed by atoms with Gasteiger partial charge in [0.25, 0.3) is 5.91 Å². The number of amides is 1. The lowest BCUT2D eigenvalue weighted by Gasteiger charge is -2.06. The van der Waals surface area contributed by atoms with Crippen molar-refractivity contribution in [2.24, 2.45) is 5.73 Å². The number of hydroxylamine groups is 1. The fourth-order valence-corrected chi connectivity index (χ4v) is 0.606.